The van der Waals surface area contributed by atoms with Crippen molar-refractivity contribution in [2.75, 3.05) is 40.7 Å². The molecule has 1 heterocycles. The summed E-state index contributed by atoms with van der Waals surface area (Å²) in [7, 11) is 4.12. The average molecular weight is 484 g/mol. The van der Waals surface area contributed by atoms with E-state index >= 15 is 0 Å². The Hall–Kier alpha value is -3.76. The number of nitrogens with one attached hydrogen (secondary N) is 1. The third-order valence-corrected chi connectivity index (χ3v) is 7.10. The van der Waals surface area contributed by atoms with Crippen LogP contribution in [0, 0.1) is 0 Å². The van der Waals surface area contributed by atoms with Gasteiger partial charge in [-0.25, -0.2) is 12.7 Å². The summed E-state index contributed by atoms with van der Waals surface area (Å²) >= 11 is 0. The van der Waals surface area contributed by atoms with E-state index in [2.05, 4.69) is 10.3 Å². The summed E-state index contributed by atoms with van der Waals surface area (Å²) in [6.07, 6.45) is 0. The molecule has 0 aliphatic heterocycles. The number of aromatic nitrogens is 1. The summed E-state index contributed by atoms with van der Waals surface area (Å²) in [5.41, 5.74) is 3.45. The zero-order valence-corrected chi connectivity index (χ0v) is 20.3. The molecule has 0 bridgehead atoms. The summed E-state index contributed by atoms with van der Waals surface area (Å²) < 4.78 is 48.1. The minimum absolute atomic E-state index is 0.218. The Kier molecular flexibility index (Phi) is 6.36. The largest absolute Gasteiger partial charge is 0.493 e. The predicted octanol–water partition coefficient (Wildman–Crippen LogP) is 4.51. The van der Waals surface area contributed by atoms with Crippen molar-refractivity contribution < 1.29 is 27.0 Å². The molecule has 1 aromatic heterocycles. The molecule has 0 aliphatic rings. The van der Waals surface area contributed by atoms with Gasteiger partial charge >= 0.3 is 0 Å². The number of ether oxygens (including phenoxy) is 3. The molecule has 9 nitrogen and oxygen atoms in total. The molecule has 178 valence electrons. The number of nitrogens with zero attached hydrogens (tertiary/aromatic N) is 2. The molecule has 1 N–H and O–H groups in total. The number of para-hydroxylation sites is 1. The Morgan fingerprint density at radius 2 is 1.56 bits per heavy atom. The van der Waals surface area contributed by atoms with Crippen molar-refractivity contribution in [1.29, 1.82) is 0 Å². The van der Waals surface area contributed by atoms with Gasteiger partial charge in [0.15, 0.2) is 17.1 Å². The molecule has 34 heavy (non-hydrogen) atoms. The molecule has 0 unspecified atom stereocenters. The van der Waals surface area contributed by atoms with Gasteiger partial charge in [-0.3, -0.25) is 0 Å². The molecule has 0 amide bonds. The molecular formula is C24H25N3O6S. The first-order valence-corrected chi connectivity index (χ1v) is 11.7. The third kappa shape index (κ3) is 4.25. The Morgan fingerprint density at radius 1 is 0.912 bits per heavy atom. The topological polar surface area (TPSA) is 103 Å². The first-order chi connectivity index (χ1) is 16.3. The molecule has 0 saturated heterocycles. The molecule has 0 spiro atoms. The molecule has 0 atom stereocenters. The van der Waals surface area contributed by atoms with Crippen molar-refractivity contribution in [1.82, 2.24) is 9.29 Å². The van der Waals surface area contributed by atoms with E-state index in [4.69, 9.17) is 18.6 Å². The van der Waals surface area contributed by atoms with Crippen LogP contribution in [0.25, 0.3) is 22.2 Å². The van der Waals surface area contributed by atoms with Crippen molar-refractivity contribution in [3.8, 4) is 28.4 Å². The van der Waals surface area contributed by atoms with E-state index in [9.17, 15) is 8.42 Å². The standard InChI is InChI=1S/C24H25N3O6S/c1-27(2)34(28,29)17-11-9-15(10-12-17)18-7-6-8-19-22(18)33-24(26-19)25-16-13-20(30-3)23(32-5)21(14-16)31-4/h6-14H,1-5H3,(H,25,26). The van der Waals surface area contributed by atoms with Crippen LogP contribution < -0.4 is 19.5 Å². The van der Waals surface area contributed by atoms with E-state index in [-0.39, 0.29) is 10.9 Å². The SMILES string of the molecule is COc1cc(Nc2nc3cccc(-c4ccc(S(=O)(=O)N(C)C)cc4)c3o2)cc(OC)c1OC. The highest BCUT2D eigenvalue weighted by molar-refractivity contribution is 7.89. The van der Waals surface area contributed by atoms with E-state index in [1.807, 2.05) is 18.2 Å². The van der Waals surface area contributed by atoms with Gasteiger partial charge in [0.25, 0.3) is 6.01 Å². The molecule has 0 fully saturated rings. The average Bonchev–Trinajstić information content (AvgIpc) is 3.25. The number of methoxy groups -OCH3 is 3. The first-order valence-electron chi connectivity index (χ1n) is 10.3. The molecule has 0 saturated carbocycles. The lowest BCUT2D eigenvalue weighted by molar-refractivity contribution is 0.324. The van der Waals surface area contributed by atoms with Gasteiger partial charge in [0.05, 0.1) is 26.2 Å². The van der Waals surface area contributed by atoms with Crippen LogP contribution in [-0.4, -0.2) is 53.1 Å². The van der Waals surface area contributed by atoms with E-state index in [1.165, 1.54) is 25.5 Å². The number of fused-ring (bicyclic) bond motifs is 1. The zero-order chi connectivity index (χ0) is 24.5. The minimum atomic E-state index is -3.51. The number of benzene rings is 3. The highest BCUT2D eigenvalue weighted by atomic mass is 32.2. The van der Waals surface area contributed by atoms with Gasteiger partial charge in [0.1, 0.15) is 5.52 Å². The lowest BCUT2D eigenvalue weighted by atomic mass is 10.1. The van der Waals surface area contributed by atoms with Crippen LogP contribution in [0.5, 0.6) is 17.2 Å². The van der Waals surface area contributed by atoms with Gasteiger partial charge in [-0.15, -0.1) is 0 Å². The molecule has 0 radical (unpaired) electrons. The van der Waals surface area contributed by atoms with Crippen LogP contribution in [0.15, 0.2) is 63.9 Å². The highest BCUT2D eigenvalue weighted by Crippen LogP contribution is 2.41. The van der Waals surface area contributed by atoms with Crippen LogP contribution in [0.3, 0.4) is 0 Å². The Balaban J connectivity index is 1.70. The smallest absolute Gasteiger partial charge is 0.300 e. The molecular weight excluding hydrogens is 458 g/mol. The molecule has 4 aromatic rings. The molecule has 4 rings (SSSR count). The number of hydrogen-bond donors (Lipinski definition) is 1. The maximum atomic E-state index is 12.4. The fourth-order valence-corrected chi connectivity index (χ4v) is 4.43. The lowest BCUT2D eigenvalue weighted by Crippen LogP contribution is -2.22. The van der Waals surface area contributed by atoms with Crippen molar-refractivity contribution in [2.45, 2.75) is 4.90 Å². The first kappa shape index (κ1) is 23.4. The van der Waals surface area contributed by atoms with Gasteiger partial charge in [0, 0.05) is 37.5 Å². The van der Waals surface area contributed by atoms with Gasteiger partial charge in [-0.05, 0) is 23.8 Å². The molecule has 0 aliphatic carbocycles. The Labute approximate surface area is 197 Å². The van der Waals surface area contributed by atoms with E-state index < -0.39 is 10.0 Å². The van der Waals surface area contributed by atoms with Gasteiger partial charge in [0.2, 0.25) is 15.8 Å². The molecule has 10 heteroatoms. The van der Waals surface area contributed by atoms with Crippen LogP contribution >= 0.6 is 0 Å². The zero-order valence-electron chi connectivity index (χ0n) is 19.4. The number of sulfonamides is 1. The van der Waals surface area contributed by atoms with E-state index in [0.717, 1.165) is 11.1 Å². The number of hydrogen-bond acceptors (Lipinski definition) is 8. The van der Waals surface area contributed by atoms with Crippen LogP contribution in [0.4, 0.5) is 11.7 Å². The van der Waals surface area contributed by atoms with Crippen molar-refractivity contribution in [2.24, 2.45) is 0 Å². The summed E-state index contributed by atoms with van der Waals surface area (Å²) in [6.45, 7) is 0. The van der Waals surface area contributed by atoms with Crippen LogP contribution in [-0.2, 0) is 10.0 Å². The van der Waals surface area contributed by atoms with E-state index in [1.54, 1.807) is 50.6 Å². The predicted molar refractivity (Wildman–Crippen MR) is 130 cm³/mol. The summed E-state index contributed by atoms with van der Waals surface area (Å²) in [6, 6.07) is 16.0. The monoisotopic (exact) mass is 483 g/mol. The fraction of sp³-hybridized carbons (Fsp3) is 0.208. The second-order valence-corrected chi connectivity index (χ2v) is 9.68. The fourth-order valence-electron chi connectivity index (χ4n) is 3.52. The number of rotatable bonds is 8. The van der Waals surface area contributed by atoms with Crippen molar-refractivity contribution in [3.05, 3.63) is 54.6 Å². The normalized spacial score (nSPS) is 11.6. The van der Waals surface area contributed by atoms with Gasteiger partial charge in [-0.1, -0.05) is 24.3 Å². The maximum absolute atomic E-state index is 12.4. The second kappa shape index (κ2) is 9.24. The van der Waals surface area contributed by atoms with E-state index in [0.29, 0.717) is 34.0 Å². The minimum Gasteiger partial charge on any atom is -0.493 e. The quantitative estimate of drug-likeness (QED) is 0.390. The highest BCUT2D eigenvalue weighted by Gasteiger charge is 2.19. The summed E-state index contributed by atoms with van der Waals surface area (Å²) in [5, 5.41) is 3.14. The summed E-state index contributed by atoms with van der Waals surface area (Å²) in [5.74, 6) is 1.47. The molecule has 3 aromatic carbocycles. The summed E-state index contributed by atoms with van der Waals surface area (Å²) in [4.78, 5) is 4.75. The Morgan fingerprint density at radius 3 is 2.12 bits per heavy atom. The maximum Gasteiger partial charge on any atom is 0.300 e. The number of anilines is 2. The lowest BCUT2D eigenvalue weighted by Gasteiger charge is -2.14. The van der Waals surface area contributed by atoms with Crippen molar-refractivity contribution in [3.63, 3.8) is 0 Å². The van der Waals surface area contributed by atoms with Gasteiger partial charge < -0.3 is 23.9 Å². The van der Waals surface area contributed by atoms with Crippen molar-refractivity contribution >= 4 is 32.8 Å². The Bertz CT molecular complexity index is 1400. The third-order valence-electron chi connectivity index (χ3n) is 5.27. The van der Waals surface area contributed by atoms with Gasteiger partial charge in [-0.2, -0.15) is 4.98 Å². The second-order valence-electron chi connectivity index (χ2n) is 7.52. The van der Waals surface area contributed by atoms with Crippen LogP contribution in [0.2, 0.25) is 0 Å². The number of oxazole rings is 1. The van der Waals surface area contributed by atoms with Crippen LogP contribution in [0.1, 0.15) is 0 Å².